The summed E-state index contributed by atoms with van der Waals surface area (Å²) in [6.45, 7) is 1.94. The average molecular weight is 253 g/mol. The van der Waals surface area contributed by atoms with Gasteiger partial charge >= 0.3 is 0 Å². The molecule has 0 spiro atoms. The lowest BCUT2D eigenvalue weighted by Gasteiger charge is -2.11. The van der Waals surface area contributed by atoms with Crippen molar-refractivity contribution in [1.29, 1.82) is 0 Å². The molecule has 0 bridgehead atoms. The van der Waals surface area contributed by atoms with Gasteiger partial charge < -0.3 is 0 Å². The van der Waals surface area contributed by atoms with Gasteiger partial charge in [-0.25, -0.2) is 0 Å². The average Bonchev–Trinajstić information content (AvgIpc) is 2.20. The van der Waals surface area contributed by atoms with Crippen LogP contribution in [0.2, 0.25) is 5.02 Å². The number of aromatic nitrogens is 2. The summed E-state index contributed by atoms with van der Waals surface area (Å²) in [6.07, 6.45) is 1.62. The minimum absolute atomic E-state index is 0.217. The van der Waals surface area contributed by atoms with Crippen molar-refractivity contribution in [2.75, 3.05) is 0 Å². The number of benzene rings is 1. The third-order valence-electron chi connectivity index (χ3n) is 2.25. The van der Waals surface area contributed by atoms with Crippen molar-refractivity contribution in [2.24, 2.45) is 0 Å². The summed E-state index contributed by atoms with van der Waals surface area (Å²) in [5.74, 6) is 0. The van der Waals surface area contributed by atoms with E-state index in [-0.39, 0.29) is 5.56 Å². The number of H-pyrrole nitrogens is 1. The van der Waals surface area contributed by atoms with Crippen LogP contribution in [0.4, 0.5) is 0 Å². The molecule has 1 heterocycles. The summed E-state index contributed by atoms with van der Waals surface area (Å²) in [5.41, 5.74) is 1.58. The zero-order chi connectivity index (χ0) is 11.7. The smallest absolute Gasteiger partial charge is 0.251 e. The molecule has 3 nitrogen and oxygen atoms in total. The molecule has 0 aliphatic heterocycles. The minimum Gasteiger partial charge on any atom is -0.299 e. The topological polar surface area (TPSA) is 37.8 Å². The van der Waals surface area contributed by atoms with Crippen molar-refractivity contribution in [3.63, 3.8) is 0 Å². The van der Waals surface area contributed by atoms with Crippen LogP contribution in [0.3, 0.4) is 0 Å². The largest absolute Gasteiger partial charge is 0.299 e. The molecule has 1 aromatic carbocycles. The van der Waals surface area contributed by atoms with E-state index in [4.69, 9.17) is 23.8 Å². The molecule has 16 heavy (non-hydrogen) atoms. The summed E-state index contributed by atoms with van der Waals surface area (Å²) in [5, 5.41) is 0.600. The number of rotatable bonds is 1. The maximum absolute atomic E-state index is 11.1. The highest BCUT2D eigenvalue weighted by atomic mass is 35.5. The van der Waals surface area contributed by atoms with Gasteiger partial charge in [0.2, 0.25) is 0 Å². The van der Waals surface area contributed by atoms with E-state index >= 15 is 0 Å². The first-order valence-corrected chi connectivity index (χ1v) is 5.45. The highest BCUT2D eigenvalue weighted by Gasteiger charge is 2.06. The normalized spacial score (nSPS) is 10.4. The van der Waals surface area contributed by atoms with E-state index in [9.17, 15) is 4.79 Å². The van der Waals surface area contributed by atoms with Gasteiger partial charge in [0.1, 0.15) is 0 Å². The number of nitrogens with zero attached hydrogens (tertiary/aromatic N) is 1. The van der Waals surface area contributed by atoms with Gasteiger partial charge in [-0.1, -0.05) is 23.7 Å². The molecule has 0 atom stereocenters. The molecular weight excluding hydrogens is 244 g/mol. The number of nitrogens with one attached hydrogen (secondary N) is 1. The maximum atomic E-state index is 11.1. The van der Waals surface area contributed by atoms with Gasteiger partial charge in [0, 0.05) is 12.3 Å². The summed E-state index contributed by atoms with van der Waals surface area (Å²) in [6, 6.07) is 7.01. The van der Waals surface area contributed by atoms with Crippen LogP contribution < -0.4 is 5.56 Å². The monoisotopic (exact) mass is 252 g/mol. The number of aryl methyl sites for hydroxylation is 1. The quantitative estimate of drug-likeness (QED) is 0.793. The molecule has 0 saturated carbocycles. The van der Waals surface area contributed by atoms with Gasteiger partial charge in [-0.15, -0.1) is 0 Å². The van der Waals surface area contributed by atoms with Crippen molar-refractivity contribution in [2.45, 2.75) is 6.92 Å². The Bertz CT molecular complexity index is 625. The van der Waals surface area contributed by atoms with Crippen molar-refractivity contribution < 1.29 is 0 Å². The fraction of sp³-hybridized carbons (Fsp3) is 0.0909. The van der Waals surface area contributed by atoms with Crippen LogP contribution >= 0.6 is 23.8 Å². The fourth-order valence-electron chi connectivity index (χ4n) is 1.52. The zero-order valence-electron chi connectivity index (χ0n) is 8.53. The molecule has 2 rings (SSSR count). The second-order valence-electron chi connectivity index (χ2n) is 3.39. The summed E-state index contributed by atoms with van der Waals surface area (Å²) in [7, 11) is 0. The molecule has 1 N–H and O–H groups in total. The fourth-order valence-corrected chi connectivity index (χ4v) is 2.09. The molecule has 2 aromatic rings. The molecule has 0 aliphatic carbocycles. The van der Waals surface area contributed by atoms with Crippen molar-refractivity contribution >= 4 is 23.8 Å². The molecule has 0 aliphatic rings. The molecule has 1 aromatic heterocycles. The Hall–Kier alpha value is -1.39. The van der Waals surface area contributed by atoms with Gasteiger partial charge in [-0.05, 0) is 30.8 Å². The first-order valence-electron chi connectivity index (χ1n) is 4.67. The molecule has 0 saturated heterocycles. The predicted molar refractivity (Wildman–Crippen MR) is 67.0 cm³/mol. The lowest BCUT2D eigenvalue weighted by molar-refractivity contribution is 0.929. The van der Waals surface area contributed by atoms with Gasteiger partial charge in [-0.3, -0.25) is 14.3 Å². The number of hydrogen-bond donors (Lipinski definition) is 1. The van der Waals surface area contributed by atoms with Crippen molar-refractivity contribution in [1.82, 2.24) is 9.55 Å². The van der Waals surface area contributed by atoms with Crippen LogP contribution in [0, 0.1) is 11.7 Å². The summed E-state index contributed by atoms with van der Waals surface area (Å²) >= 11 is 11.2. The lowest BCUT2D eigenvalue weighted by atomic mass is 10.2. The minimum atomic E-state index is -0.217. The third kappa shape index (κ3) is 1.94. The first kappa shape index (κ1) is 11.1. The Labute approximate surface area is 102 Å². The van der Waals surface area contributed by atoms with E-state index in [1.807, 2.05) is 19.1 Å². The van der Waals surface area contributed by atoms with Gasteiger partial charge in [0.05, 0.1) is 10.7 Å². The number of halogens is 1. The summed E-state index contributed by atoms with van der Waals surface area (Å²) in [4.78, 5) is 13.6. The molecule has 0 fully saturated rings. The van der Waals surface area contributed by atoms with E-state index in [1.165, 1.54) is 6.07 Å². The van der Waals surface area contributed by atoms with Crippen LogP contribution in [0.1, 0.15) is 5.56 Å². The van der Waals surface area contributed by atoms with Crippen molar-refractivity contribution in [3.05, 3.63) is 56.2 Å². The van der Waals surface area contributed by atoms with E-state index < -0.39 is 0 Å². The molecule has 5 heteroatoms. The zero-order valence-corrected chi connectivity index (χ0v) is 10.1. The molecule has 0 unspecified atom stereocenters. The van der Waals surface area contributed by atoms with Crippen LogP contribution in [0.25, 0.3) is 5.69 Å². The number of para-hydroxylation sites is 1. The molecule has 0 radical (unpaired) electrons. The third-order valence-corrected chi connectivity index (χ3v) is 2.86. The Morgan fingerprint density at radius 3 is 2.75 bits per heavy atom. The van der Waals surface area contributed by atoms with Gasteiger partial charge in [0.25, 0.3) is 5.56 Å². The van der Waals surface area contributed by atoms with Crippen LogP contribution in [0.15, 0.2) is 35.3 Å². The highest BCUT2D eigenvalue weighted by molar-refractivity contribution is 7.71. The molecule has 82 valence electrons. The Balaban J connectivity index is 2.78. The Kier molecular flexibility index (Phi) is 2.94. The Morgan fingerprint density at radius 2 is 2.12 bits per heavy atom. The van der Waals surface area contributed by atoms with Crippen LogP contribution in [-0.4, -0.2) is 9.55 Å². The Morgan fingerprint density at radius 1 is 1.38 bits per heavy atom. The lowest BCUT2D eigenvalue weighted by Crippen LogP contribution is -2.10. The maximum Gasteiger partial charge on any atom is 0.251 e. The van der Waals surface area contributed by atoms with Gasteiger partial charge in [-0.2, -0.15) is 0 Å². The standard InChI is InChI=1S/C11H9ClN2OS/c1-7-3-2-4-8(12)10(7)14-6-5-9(15)13-11(14)16/h2-6H,1H3,(H,13,15,16). The van der Waals surface area contributed by atoms with Crippen LogP contribution in [-0.2, 0) is 0 Å². The van der Waals surface area contributed by atoms with E-state index in [0.29, 0.717) is 9.79 Å². The van der Waals surface area contributed by atoms with E-state index in [0.717, 1.165) is 11.3 Å². The van der Waals surface area contributed by atoms with E-state index in [2.05, 4.69) is 4.98 Å². The number of aromatic amines is 1. The second kappa shape index (κ2) is 4.23. The van der Waals surface area contributed by atoms with Gasteiger partial charge in [0.15, 0.2) is 4.77 Å². The van der Waals surface area contributed by atoms with Crippen molar-refractivity contribution in [3.8, 4) is 5.69 Å². The van der Waals surface area contributed by atoms with E-state index in [1.54, 1.807) is 16.8 Å². The SMILES string of the molecule is Cc1cccc(Cl)c1-n1ccc(=O)[nH]c1=S. The molecular formula is C11H9ClN2OS. The summed E-state index contributed by atoms with van der Waals surface area (Å²) < 4.78 is 2.03. The van der Waals surface area contributed by atoms with Crippen LogP contribution in [0.5, 0.6) is 0 Å². The predicted octanol–water partition coefficient (Wildman–Crippen LogP) is 2.86. The highest BCUT2D eigenvalue weighted by Crippen LogP contribution is 2.23. The molecule has 0 amide bonds. The first-order chi connectivity index (χ1) is 7.59. The second-order valence-corrected chi connectivity index (χ2v) is 4.18. The number of hydrogen-bond acceptors (Lipinski definition) is 2.